The first-order chi connectivity index (χ1) is 7.25. The second-order valence-corrected chi connectivity index (χ2v) is 5.49. The second-order valence-electron chi connectivity index (χ2n) is 2.71. The van der Waals surface area contributed by atoms with E-state index in [0.717, 1.165) is 19.0 Å². The topological polar surface area (TPSA) is 25.8 Å². The number of pyridine rings is 2. The van der Waals surface area contributed by atoms with Crippen LogP contribution in [0, 0.1) is 0 Å². The Labute approximate surface area is 109 Å². The third-order valence-corrected chi connectivity index (χ3v) is 3.97. The van der Waals surface area contributed by atoms with E-state index in [9.17, 15) is 0 Å². The Balaban J connectivity index is 2.22. The maximum atomic E-state index is 4.27. The molecule has 0 N–H and O–H groups in total. The fourth-order valence-electron chi connectivity index (χ4n) is 0.968. The Bertz CT molecular complexity index is 459. The van der Waals surface area contributed by atoms with Crippen molar-refractivity contribution in [3.8, 4) is 0 Å². The second kappa shape index (κ2) is 5.09. The molecule has 0 aliphatic heterocycles. The smallest absolute Gasteiger partial charge is 0.116 e. The summed E-state index contributed by atoms with van der Waals surface area (Å²) < 4.78 is 1.96. The first-order valence-corrected chi connectivity index (χ1v) is 6.56. The molecule has 0 aliphatic carbocycles. The lowest BCUT2D eigenvalue weighted by molar-refractivity contribution is 1.08. The van der Waals surface area contributed by atoms with Crippen molar-refractivity contribution in [2.24, 2.45) is 0 Å². The van der Waals surface area contributed by atoms with Crippen molar-refractivity contribution in [1.82, 2.24) is 9.97 Å². The highest BCUT2D eigenvalue weighted by atomic mass is 79.9. The van der Waals surface area contributed by atoms with Gasteiger partial charge in [0.05, 0.1) is 4.47 Å². The Morgan fingerprint density at radius 3 is 2.60 bits per heavy atom. The number of hydrogen-bond donors (Lipinski definition) is 0. The Kier molecular flexibility index (Phi) is 3.77. The van der Waals surface area contributed by atoms with Crippen molar-refractivity contribution < 1.29 is 0 Å². The summed E-state index contributed by atoms with van der Waals surface area (Å²) in [7, 11) is 0. The quantitative estimate of drug-likeness (QED) is 0.817. The largest absolute Gasteiger partial charge is 0.248 e. The Morgan fingerprint density at radius 1 is 1.07 bits per heavy atom. The van der Waals surface area contributed by atoms with Crippen LogP contribution in [0.4, 0.5) is 0 Å². The maximum absolute atomic E-state index is 4.27. The summed E-state index contributed by atoms with van der Waals surface area (Å²) in [5, 5.41) is 1.85. The number of aromatic nitrogens is 2. The van der Waals surface area contributed by atoms with Crippen molar-refractivity contribution in [3.05, 3.63) is 45.6 Å². The van der Waals surface area contributed by atoms with E-state index in [1.54, 1.807) is 12.4 Å². The molecule has 0 saturated carbocycles. The van der Waals surface area contributed by atoms with Crippen LogP contribution in [0.3, 0.4) is 0 Å². The predicted octanol–water partition coefficient (Wildman–Crippen LogP) is 4.15. The summed E-state index contributed by atoms with van der Waals surface area (Å²) in [6, 6.07) is 7.78. The van der Waals surface area contributed by atoms with E-state index in [4.69, 9.17) is 0 Å². The SMILES string of the molecule is Brc1ccc(Sc2ncccc2Br)nc1. The molecule has 0 spiro atoms. The summed E-state index contributed by atoms with van der Waals surface area (Å²) >= 11 is 8.33. The van der Waals surface area contributed by atoms with Gasteiger partial charge in [0.25, 0.3) is 0 Å². The number of halogens is 2. The Morgan fingerprint density at radius 2 is 1.93 bits per heavy atom. The molecule has 2 rings (SSSR count). The van der Waals surface area contributed by atoms with Crippen LogP contribution in [-0.4, -0.2) is 9.97 Å². The van der Waals surface area contributed by atoms with Crippen LogP contribution in [0.2, 0.25) is 0 Å². The zero-order valence-corrected chi connectivity index (χ0v) is 11.5. The molecule has 0 unspecified atom stereocenters. The zero-order chi connectivity index (χ0) is 10.7. The number of rotatable bonds is 2. The van der Waals surface area contributed by atoms with Crippen molar-refractivity contribution in [2.75, 3.05) is 0 Å². The lowest BCUT2D eigenvalue weighted by Crippen LogP contribution is -1.83. The Hall–Kier alpha value is -0.390. The normalized spacial score (nSPS) is 10.3. The van der Waals surface area contributed by atoms with E-state index in [1.807, 2.05) is 24.3 Å². The molecule has 76 valence electrons. The molecule has 0 aromatic carbocycles. The van der Waals surface area contributed by atoms with Gasteiger partial charge in [-0.3, -0.25) is 0 Å². The van der Waals surface area contributed by atoms with Crippen molar-refractivity contribution in [1.29, 1.82) is 0 Å². The third-order valence-electron chi connectivity index (χ3n) is 1.63. The van der Waals surface area contributed by atoms with Crippen LogP contribution in [0.5, 0.6) is 0 Å². The third kappa shape index (κ3) is 3.03. The van der Waals surface area contributed by atoms with Gasteiger partial charge in [-0.05, 0) is 67.9 Å². The molecule has 0 radical (unpaired) electrons. The lowest BCUT2D eigenvalue weighted by atomic mass is 10.5. The zero-order valence-electron chi connectivity index (χ0n) is 7.52. The van der Waals surface area contributed by atoms with E-state index in [2.05, 4.69) is 41.8 Å². The average molecular weight is 346 g/mol. The first kappa shape index (κ1) is 11.1. The van der Waals surface area contributed by atoms with Gasteiger partial charge in [-0.1, -0.05) is 0 Å². The van der Waals surface area contributed by atoms with E-state index in [-0.39, 0.29) is 0 Å². The molecular weight excluding hydrogens is 340 g/mol. The van der Waals surface area contributed by atoms with Gasteiger partial charge in [0.2, 0.25) is 0 Å². The van der Waals surface area contributed by atoms with Crippen LogP contribution >= 0.6 is 43.6 Å². The average Bonchev–Trinajstić information content (AvgIpc) is 2.25. The molecule has 2 nitrogen and oxygen atoms in total. The minimum atomic E-state index is 0.923. The standard InChI is InChI=1S/C10H6Br2N2S/c11-7-3-4-9(14-6-7)15-10-8(12)2-1-5-13-10/h1-6H. The van der Waals surface area contributed by atoms with Crippen LogP contribution < -0.4 is 0 Å². The molecule has 0 amide bonds. The van der Waals surface area contributed by atoms with Gasteiger partial charge in [0.1, 0.15) is 10.1 Å². The van der Waals surface area contributed by atoms with Gasteiger partial charge in [-0.25, -0.2) is 9.97 Å². The minimum Gasteiger partial charge on any atom is -0.248 e. The molecule has 2 aromatic rings. The van der Waals surface area contributed by atoms with Gasteiger partial charge in [0.15, 0.2) is 0 Å². The molecule has 5 heteroatoms. The molecule has 0 atom stereocenters. The van der Waals surface area contributed by atoms with Gasteiger partial charge in [0, 0.05) is 16.9 Å². The molecule has 0 fully saturated rings. The molecule has 2 aromatic heterocycles. The number of hydrogen-bond acceptors (Lipinski definition) is 3. The van der Waals surface area contributed by atoms with E-state index in [0.29, 0.717) is 0 Å². The monoisotopic (exact) mass is 344 g/mol. The molecule has 0 saturated heterocycles. The highest BCUT2D eigenvalue weighted by Crippen LogP contribution is 2.30. The summed E-state index contributed by atoms with van der Waals surface area (Å²) in [5.74, 6) is 0. The van der Waals surface area contributed by atoms with E-state index in [1.165, 1.54) is 11.8 Å². The van der Waals surface area contributed by atoms with Crippen molar-refractivity contribution in [3.63, 3.8) is 0 Å². The molecule has 0 aliphatic rings. The van der Waals surface area contributed by atoms with Crippen molar-refractivity contribution >= 4 is 43.6 Å². The fourth-order valence-corrected chi connectivity index (χ4v) is 2.42. The van der Waals surface area contributed by atoms with Crippen molar-refractivity contribution in [2.45, 2.75) is 10.1 Å². The van der Waals surface area contributed by atoms with Gasteiger partial charge in [-0.2, -0.15) is 0 Å². The van der Waals surface area contributed by atoms with Crippen LogP contribution in [0.25, 0.3) is 0 Å². The molecule has 0 bridgehead atoms. The first-order valence-electron chi connectivity index (χ1n) is 4.15. The fraction of sp³-hybridized carbons (Fsp3) is 0. The van der Waals surface area contributed by atoms with Crippen LogP contribution in [0.15, 0.2) is 55.7 Å². The summed E-state index contributed by atoms with van der Waals surface area (Å²) in [6.45, 7) is 0. The van der Waals surface area contributed by atoms with Gasteiger partial charge >= 0.3 is 0 Å². The van der Waals surface area contributed by atoms with Crippen LogP contribution in [-0.2, 0) is 0 Å². The molecule has 15 heavy (non-hydrogen) atoms. The maximum Gasteiger partial charge on any atom is 0.116 e. The van der Waals surface area contributed by atoms with Gasteiger partial charge in [-0.15, -0.1) is 0 Å². The van der Waals surface area contributed by atoms with Crippen LogP contribution in [0.1, 0.15) is 0 Å². The van der Waals surface area contributed by atoms with E-state index >= 15 is 0 Å². The minimum absolute atomic E-state index is 0.923. The summed E-state index contributed by atoms with van der Waals surface area (Å²) in [6.07, 6.45) is 3.55. The van der Waals surface area contributed by atoms with E-state index < -0.39 is 0 Å². The molecular formula is C10H6Br2N2S. The summed E-state index contributed by atoms with van der Waals surface area (Å²) in [5.41, 5.74) is 0. The summed E-state index contributed by atoms with van der Waals surface area (Å²) in [4.78, 5) is 8.53. The highest BCUT2D eigenvalue weighted by molar-refractivity contribution is 9.10. The lowest BCUT2D eigenvalue weighted by Gasteiger charge is -2.01. The predicted molar refractivity (Wildman–Crippen MR) is 68.0 cm³/mol. The highest BCUT2D eigenvalue weighted by Gasteiger charge is 2.03. The number of nitrogens with zero attached hydrogens (tertiary/aromatic N) is 2. The molecule has 2 heterocycles. The van der Waals surface area contributed by atoms with Gasteiger partial charge < -0.3 is 0 Å².